The molecule has 1 unspecified atom stereocenters. The van der Waals surface area contributed by atoms with Crippen molar-refractivity contribution in [2.75, 3.05) is 0 Å². The number of alkyl halides is 2. The van der Waals surface area contributed by atoms with Crippen LogP contribution < -0.4 is 0 Å². The molecular weight excluding hydrogens is 291 g/mol. The molecule has 0 spiro atoms. The second-order valence-corrected chi connectivity index (χ2v) is 7.54. The summed E-state index contributed by atoms with van der Waals surface area (Å²) in [6, 6.07) is 0. The molecule has 0 saturated heterocycles. The summed E-state index contributed by atoms with van der Waals surface area (Å²) in [5.41, 5.74) is -1.06. The Labute approximate surface area is 121 Å². The molecular formula is C12H16Cl2N2O3. The maximum Gasteiger partial charge on any atom is 0.315 e. The number of aromatic nitrogens is 2. The van der Waals surface area contributed by atoms with Crippen molar-refractivity contribution in [1.82, 2.24) is 10.1 Å². The SMILES string of the molecule is CC(C)(C)c1noc(COC(=O)C2(C)CC2(Cl)Cl)n1. The van der Waals surface area contributed by atoms with Crippen molar-refractivity contribution in [2.45, 2.75) is 50.5 Å². The molecule has 1 aliphatic rings. The van der Waals surface area contributed by atoms with Gasteiger partial charge in [0.25, 0.3) is 5.89 Å². The predicted octanol–water partition coefficient (Wildman–Crippen LogP) is 2.99. The molecule has 0 bridgehead atoms. The van der Waals surface area contributed by atoms with Gasteiger partial charge in [-0.3, -0.25) is 4.79 Å². The molecule has 19 heavy (non-hydrogen) atoms. The highest BCUT2D eigenvalue weighted by molar-refractivity contribution is 6.53. The Morgan fingerprint density at radius 2 is 2.05 bits per heavy atom. The summed E-state index contributed by atoms with van der Waals surface area (Å²) in [6.07, 6.45) is 0.388. The van der Waals surface area contributed by atoms with Gasteiger partial charge < -0.3 is 9.26 Å². The van der Waals surface area contributed by atoms with Gasteiger partial charge in [0.05, 0.1) is 0 Å². The van der Waals surface area contributed by atoms with E-state index in [4.69, 9.17) is 32.5 Å². The highest BCUT2D eigenvalue weighted by Gasteiger charge is 2.69. The van der Waals surface area contributed by atoms with Crippen LogP contribution in [-0.2, 0) is 21.6 Å². The van der Waals surface area contributed by atoms with E-state index >= 15 is 0 Å². The van der Waals surface area contributed by atoms with E-state index in [1.165, 1.54) is 0 Å². The Balaban J connectivity index is 1.94. The molecule has 7 heteroatoms. The number of carbonyl (C=O) groups is 1. The lowest BCUT2D eigenvalue weighted by Gasteiger charge is -2.11. The van der Waals surface area contributed by atoms with Crippen LogP contribution in [-0.4, -0.2) is 20.4 Å². The average Bonchev–Trinajstić information content (AvgIpc) is 2.67. The fourth-order valence-corrected chi connectivity index (χ4v) is 2.21. The molecule has 0 radical (unpaired) electrons. The summed E-state index contributed by atoms with van der Waals surface area (Å²) < 4.78 is 9.10. The van der Waals surface area contributed by atoms with Crippen LogP contribution in [0.25, 0.3) is 0 Å². The number of rotatable bonds is 3. The molecule has 0 aromatic carbocycles. The summed E-state index contributed by atoms with van der Waals surface area (Å²) in [5, 5.41) is 3.84. The number of hydrogen-bond donors (Lipinski definition) is 0. The Morgan fingerprint density at radius 3 is 2.47 bits per heavy atom. The van der Waals surface area contributed by atoms with E-state index < -0.39 is 15.7 Å². The first-order chi connectivity index (χ1) is 8.56. The molecule has 0 amide bonds. The molecule has 1 aromatic heterocycles. The van der Waals surface area contributed by atoms with E-state index in [-0.39, 0.29) is 17.9 Å². The number of carbonyl (C=O) groups excluding carboxylic acids is 1. The van der Waals surface area contributed by atoms with Crippen LogP contribution in [0.1, 0.15) is 45.8 Å². The summed E-state index contributed by atoms with van der Waals surface area (Å²) in [6.45, 7) is 7.50. The van der Waals surface area contributed by atoms with Gasteiger partial charge in [-0.25, -0.2) is 0 Å². The molecule has 1 saturated carbocycles. The van der Waals surface area contributed by atoms with Crippen molar-refractivity contribution in [1.29, 1.82) is 0 Å². The minimum absolute atomic E-state index is 0.0681. The second-order valence-electron chi connectivity index (χ2n) is 6.05. The van der Waals surface area contributed by atoms with Crippen molar-refractivity contribution in [2.24, 2.45) is 5.41 Å². The Bertz CT molecular complexity index is 507. The molecule has 1 aromatic rings. The number of nitrogens with zero attached hydrogens (tertiary/aromatic N) is 2. The van der Waals surface area contributed by atoms with Crippen molar-refractivity contribution >= 4 is 29.2 Å². The number of esters is 1. The topological polar surface area (TPSA) is 65.2 Å². The van der Waals surface area contributed by atoms with Crippen LogP contribution in [0.3, 0.4) is 0 Å². The smallest absolute Gasteiger partial charge is 0.315 e. The van der Waals surface area contributed by atoms with E-state index in [1.807, 2.05) is 20.8 Å². The minimum Gasteiger partial charge on any atom is -0.455 e. The van der Waals surface area contributed by atoms with Gasteiger partial charge in [0, 0.05) is 11.8 Å². The first-order valence-electron chi connectivity index (χ1n) is 5.94. The quantitative estimate of drug-likeness (QED) is 0.634. The lowest BCUT2D eigenvalue weighted by Crippen LogP contribution is -2.21. The maximum absolute atomic E-state index is 11.8. The monoisotopic (exact) mass is 306 g/mol. The Hall–Kier alpha value is -0.810. The van der Waals surface area contributed by atoms with E-state index in [9.17, 15) is 4.79 Å². The number of ether oxygens (including phenoxy) is 1. The molecule has 0 aliphatic heterocycles. The van der Waals surface area contributed by atoms with E-state index in [0.717, 1.165) is 0 Å². The highest BCUT2D eigenvalue weighted by atomic mass is 35.5. The van der Waals surface area contributed by atoms with Gasteiger partial charge in [0.15, 0.2) is 12.4 Å². The molecule has 1 fully saturated rings. The zero-order valence-corrected chi connectivity index (χ0v) is 12.8. The van der Waals surface area contributed by atoms with Crippen LogP contribution in [0, 0.1) is 5.41 Å². The fourth-order valence-electron chi connectivity index (χ4n) is 1.53. The molecule has 2 rings (SSSR count). The third-order valence-corrected chi connectivity index (χ3v) is 4.28. The molecule has 0 N–H and O–H groups in total. The summed E-state index contributed by atoms with van der Waals surface area (Å²) in [5.74, 6) is 0.380. The number of halogens is 2. The van der Waals surface area contributed by atoms with E-state index in [0.29, 0.717) is 12.2 Å². The van der Waals surface area contributed by atoms with Gasteiger partial charge in [-0.2, -0.15) is 4.98 Å². The Morgan fingerprint density at radius 1 is 1.47 bits per heavy atom. The number of hydrogen-bond acceptors (Lipinski definition) is 5. The van der Waals surface area contributed by atoms with Gasteiger partial charge >= 0.3 is 5.97 Å². The van der Waals surface area contributed by atoms with Crippen molar-refractivity contribution in [3.05, 3.63) is 11.7 Å². The van der Waals surface area contributed by atoms with Gasteiger partial charge in [0.1, 0.15) is 9.75 Å². The van der Waals surface area contributed by atoms with Crippen LogP contribution in [0.5, 0.6) is 0 Å². The van der Waals surface area contributed by atoms with Crippen molar-refractivity contribution in [3.63, 3.8) is 0 Å². The second kappa shape index (κ2) is 4.35. The van der Waals surface area contributed by atoms with Gasteiger partial charge in [0.2, 0.25) is 0 Å². The molecule has 1 atom stereocenters. The first kappa shape index (κ1) is 14.6. The van der Waals surface area contributed by atoms with Gasteiger partial charge in [-0.1, -0.05) is 25.9 Å². The summed E-state index contributed by atoms with van der Waals surface area (Å²) in [4.78, 5) is 16.0. The maximum atomic E-state index is 11.8. The lowest BCUT2D eigenvalue weighted by molar-refractivity contribution is -0.151. The molecule has 1 heterocycles. The van der Waals surface area contributed by atoms with Crippen LogP contribution in [0.4, 0.5) is 0 Å². The van der Waals surface area contributed by atoms with Crippen molar-refractivity contribution < 1.29 is 14.1 Å². The largest absolute Gasteiger partial charge is 0.455 e. The van der Waals surface area contributed by atoms with E-state index in [2.05, 4.69) is 10.1 Å². The lowest BCUT2D eigenvalue weighted by atomic mass is 9.96. The van der Waals surface area contributed by atoms with Crippen molar-refractivity contribution in [3.8, 4) is 0 Å². The van der Waals surface area contributed by atoms with Crippen LogP contribution >= 0.6 is 23.2 Å². The Kier molecular flexibility index (Phi) is 3.34. The van der Waals surface area contributed by atoms with E-state index in [1.54, 1.807) is 6.92 Å². The van der Waals surface area contributed by atoms with Crippen LogP contribution in [0.2, 0.25) is 0 Å². The molecule has 5 nitrogen and oxygen atoms in total. The minimum atomic E-state index is -1.03. The highest BCUT2D eigenvalue weighted by Crippen LogP contribution is 2.64. The first-order valence-corrected chi connectivity index (χ1v) is 6.70. The average molecular weight is 307 g/mol. The molecule has 106 valence electrons. The summed E-state index contributed by atoms with van der Waals surface area (Å²) >= 11 is 11.8. The summed E-state index contributed by atoms with van der Waals surface area (Å²) in [7, 11) is 0. The zero-order valence-electron chi connectivity index (χ0n) is 11.3. The zero-order chi connectivity index (χ0) is 14.5. The van der Waals surface area contributed by atoms with Crippen LogP contribution in [0.15, 0.2) is 4.52 Å². The normalized spacial score (nSPS) is 25.2. The molecule has 1 aliphatic carbocycles. The third kappa shape index (κ3) is 2.72. The predicted molar refractivity (Wildman–Crippen MR) is 70.0 cm³/mol. The third-order valence-electron chi connectivity index (χ3n) is 3.17. The fraction of sp³-hybridized carbons (Fsp3) is 0.750. The van der Waals surface area contributed by atoms with Gasteiger partial charge in [-0.05, 0) is 6.92 Å². The standard InChI is InChI=1S/C12H16Cl2N2O3/c1-10(2,3)8-15-7(19-16-8)5-18-9(17)11(4)6-12(11,13)14/h5-6H2,1-4H3. The van der Waals surface area contributed by atoms with Gasteiger partial charge in [-0.15, -0.1) is 23.2 Å².